The number of amides is 2. The van der Waals surface area contributed by atoms with E-state index in [9.17, 15) is 9.18 Å². The summed E-state index contributed by atoms with van der Waals surface area (Å²) >= 11 is 0. The molecule has 0 atom stereocenters. The average Bonchev–Trinajstić information content (AvgIpc) is 2.91. The van der Waals surface area contributed by atoms with E-state index >= 15 is 0 Å². The fraction of sp³-hybridized carbons (Fsp3) is 0. The first kappa shape index (κ1) is 7.66. The number of nitrogens with zero attached hydrogens (tertiary/aromatic N) is 3. The number of anilines is 1. The van der Waals surface area contributed by atoms with E-state index in [1.165, 1.54) is 18.2 Å². The summed E-state index contributed by atoms with van der Waals surface area (Å²) in [6.07, 6.45) is 0. The molecule has 0 saturated heterocycles. The van der Waals surface area contributed by atoms with Gasteiger partial charge in [0.2, 0.25) is 0 Å². The minimum atomic E-state index is -0.565. The van der Waals surface area contributed by atoms with Gasteiger partial charge in [-0.3, -0.25) is 0 Å². The van der Waals surface area contributed by atoms with Crippen LogP contribution < -0.4 is 5.32 Å². The first-order valence-electron chi connectivity index (χ1n) is 3.54. The monoisotopic (exact) mass is 180 g/mol. The van der Waals surface area contributed by atoms with E-state index in [4.69, 9.17) is 0 Å². The highest BCUT2D eigenvalue weighted by molar-refractivity contribution is 5.89. The first-order valence-corrected chi connectivity index (χ1v) is 3.54. The lowest BCUT2D eigenvalue weighted by Gasteiger charge is -2.02. The van der Waals surface area contributed by atoms with Gasteiger partial charge in [-0.15, -0.1) is 0 Å². The molecule has 1 aromatic carbocycles. The van der Waals surface area contributed by atoms with Crippen LogP contribution in [-0.2, 0) is 0 Å². The van der Waals surface area contributed by atoms with Gasteiger partial charge in [-0.1, -0.05) is 17.3 Å². The lowest BCUT2D eigenvalue weighted by molar-refractivity contribution is 0.236. The summed E-state index contributed by atoms with van der Waals surface area (Å²) in [5.41, 5.74) is 0.116. The van der Waals surface area contributed by atoms with Gasteiger partial charge < -0.3 is 5.32 Å². The smallest absolute Gasteiger partial charge is 0.302 e. The van der Waals surface area contributed by atoms with Crippen LogP contribution in [0.15, 0.2) is 34.7 Å². The third kappa shape index (κ3) is 1.61. The lowest BCUT2D eigenvalue weighted by Crippen LogP contribution is -2.18. The number of hydrogen-bond donors (Lipinski definition) is 1. The Morgan fingerprint density at radius 2 is 2.08 bits per heavy atom. The van der Waals surface area contributed by atoms with Crippen LogP contribution in [0.4, 0.5) is 14.9 Å². The number of nitrogens with one attached hydrogen (secondary N) is 1. The van der Waals surface area contributed by atoms with E-state index in [1.807, 2.05) is 0 Å². The molecule has 2 rings (SSSR count). The molecule has 13 heavy (non-hydrogen) atoms. The second-order valence-electron chi connectivity index (χ2n) is 2.38. The second kappa shape index (κ2) is 2.81. The zero-order chi connectivity index (χ0) is 9.26. The van der Waals surface area contributed by atoms with Crippen LogP contribution in [0.2, 0.25) is 0 Å². The zero-order valence-corrected chi connectivity index (χ0v) is 6.44. The zero-order valence-electron chi connectivity index (χ0n) is 6.44. The molecule has 1 heterocycles. The van der Waals surface area contributed by atoms with E-state index in [1.54, 1.807) is 6.07 Å². The van der Waals surface area contributed by atoms with Gasteiger partial charge in [-0.2, -0.15) is 0 Å². The van der Waals surface area contributed by atoms with Gasteiger partial charge in [-0.25, -0.2) is 9.18 Å². The van der Waals surface area contributed by atoms with Gasteiger partial charge in [0.1, 0.15) is 5.82 Å². The average molecular weight is 180 g/mol. The summed E-state index contributed by atoms with van der Waals surface area (Å²) in [7, 11) is 0. The van der Waals surface area contributed by atoms with E-state index in [-0.39, 0.29) is 5.69 Å². The van der Waals surface area contributed by atoms with Crippen molar-refractivity contribution < 1.29 is 9.18 Å². The molecule has 5 nitrogen and oxygen atoms in total. The molecule has 0 fully saturated rings. The van der Waals surface area contributed by atoms with E-state index in [2.05, 4.69) is 15.8 Å². The minimum Gasteiger partial charge on any atom is -0.302 e. The molecule has 0 bridgehead atoms. The van der Waals surface area contributed by atoms with Gasteiger partial charge in [-0.05, 0) is 22.6 Å². The molecule has 2 amide bonds. The highest BCUT2D eigenvalue weighted by atomic mass is 19.1. The van der Waals surface area contributed by atoms with Crippen molar-refractivity contribution in [3.8, 4) is 0 Å². The minimum absolute atomic E-state index is 0.116. The van der Waals surface area contributed by atoms with Crippen LogP contribution in [-0.4, -0.2) is 11.1 Å². The van der Waals surface area contributed by atoms with E-state index < -0.39 is 11.8 Å². The molecule has 0 saturated carbocycles. The Bertz CT molecular complexity index is 373. The number of benzene rings is 1. The maximum absolute atomic E-state index is 12.9. The molecule has 66 valence electrons. The first-order chi connectivity index (χ1) is 6.27. The predicted molar refractivity (Wildman–Crippen MR) is 42.1 cm³/mol. The maximum Gasteiger partial charge on any atom is 0.366 e. The third-order valence-electron chi connectivity index (χ3n) is 1.48. The van der Waals surface area contributed by atoms with Gasteiger partial charge in [0.05, 0.1) is 5.69 Å². The highest BCUT2D eigenvalue weighted by Gasteiger charge is 2.22. The lowest BCUT2D eigenvalue weighted by atomic mass is 10.3. The summed E-state index contributed by atoms with van der Waals surface area (Å²) in [5, 5.41) is 9.64. The van der Waals surface area contributed by atoms with Crippen LogP contribution in [0.5, 0.6) is 0 Å². The third-order valence-corrected chi connectivity index (χ3v) is 1.48. The summed E-state index contributed by atoms with van der Waals surface area (Å²) in [6, 6.07) is 5.31. The predicted octanol–water partition coefficient (Wildman–Crippen LogP) is 1.96. The topological polar surface area (TPSA) is 56.8 Å². The Morgan fingerprint density at radius 1 is 1.38 bits per heavy atom. The van der Waals surface area contributed by atoms with E-state index in [0.29, 0.717) is 0 Å². The largest absolute Gasteiger partial charge is 0.366 e. The fourth-order valence-corrected chi connectivity index (χ4v) is 0.829. The Balaban J connectivity index is 2.08. The van der Waals surface area contributed by atoms with Crippen molar-refractivity contribution in [2.24, 2.45) is 10.4 Å². The number of rotatable bonds is 1. The Hall–Kier alpha value is -1.98. The molecule has 1 N–H and O–H groups in total. The molecule has 6 heteroatoms. The molecule has 1 aromatic rings. The Kier molecular flexibility index (Phi) is 1.66. The van der Waals surface area contributed by atoms with Crippen molar-refractivity contribution in [2.75, 3.05) is 5.32 Å². The van der Waals surface area contributed by atoms with Crippen LogP contribution >= 0.6 is 0 Å². The fourth-order valence-electron chi connectivity index (χ4n) is 0.829. The van der Waals surface area contributed by atoms with Gasteiger partial charge >= 0.3 is 6.03 Å². The molecule has 0 aromatic heterocycles. The summed E-state index contributed by atoms with van der Waals surface area (Å²) in [4.78, 5) is 11.0. The van der Waals surface area contributed by atoms with Crippen molar-refractivity contribution in [3.05, 3.63) is 30.1 Å². The standard InChI is InChI=1S/C7H5FN4O/c8-5-3-1-2-4-6(5)9-7(13)12-10-11-12/h1-4H,(H,9,13). The van der Waals surface area contributed by atoms with E-state index in [0.717, 1.165) is 5.12 Å². The summed E-state index contributed by atoms with van der Waals surface area (Å²) in [6.45, 7) is 0. The number of hydrogen-bond acceptors (Lipinski definition) is 3. The van der Waals surface area contributed by atoms with Crippen molar-refractivity contribution in [1.82, 2.24) is 5.12 Å². The van der Waals surface area contributed by atoms with Gasteiger partial charge in [0, 0.05) is 0 Å². The molecular weight excluding hydrogens is 175 g/mol. The molecular formula is C7H5FN4O. The van der Waals surface area contributed by atoms with Crippen molar-refractivity contribution >= 4 is 11.7 Å². The maximum atomic E-state index is 12.9. The van der Waals surface area contributed by atoms with Crippen LogP contribution in [0.1, 0.15) is 0 Å². The quantitative estimate of drug-likeness (QED) is 0.705. The highest BCUT2D eigenvalue weighted by Crippen LogP contribution is 2.15. The number of halogens is 1. The number of carbonyl (C=O) groups excluding carboxylic acids is 1. The Labute approximate surface area is 72.8 Å². The summed E-state index contributed by atoms with van der Waals surface area (Å²) < 4.78 is 12.9. The molecule has 0 radical (unpaired) electrons. The van der Waals surface area contributed by atoms with Gasteiger partial charge in [0.25, 0.3) is 0 Å². The molecule has 0 spiro atoms. The van der Waals surface area contributed by atoms with Crippen molar-refractivity contribution in [2.45, 2.75) is 0 Å². The molecule has 0 aliphatic carbocycles. The molecule has 1 aliphatic heterocycles. The second-order valence-corrected chi connectivity index (χ2v) is 2.38. The van der Waals surface area contributed by atoms with Gasteiger partial charge in [0.15, 0.2) is 0 Å². The van der Waals surface area contributed by atoms with Crippen molar-refractivity contribution in [1.29, 1.82) is 0 Å². The van der Waals surface area contributed by atoms with Crippen LogP contribution in [0, 0.1) is 5.82 Å². The van der Waals surface area contributed by atoms with Crippen LogP contribution in [0.3, 0.4) is 0 Å². The normalized spacial score (nSPS) is 12.8. The SMILES string of the molecule is O=C(Nc1ccccc1F)N1N=N1. The number of urea groups is 1. The number of carbonyl (C=O) groups is 1. The Morgan fingerprint density at radius 3 is 2.69 bits per heavy atom. The van der Waals surface area contributed by atoms with Crippen molar-refractivity contribution in [3.63, 3.8) is 0 Å². The molecule has 1 aliphatic rings. The van der Waals surface area contributed by atoms with Crippen LogP contribution in [0.25, 0.3) is 0 Å². The summed E-state index contributed by atoms with van der Waals surface area (Å²) in [5.74, 6) is -0.488. The molecule has 0 unspecified atom stereocenters. The number of para-hydroxylation sites is 1.